The Morgan fingerprint density at radius 1 is 1.37 bits per heavy atom. The molecular formula is C19H23ClN2O6S2. The highest BCUT2D eigenvalue weighted by Crippen LogP contribution is 2.39. The van der Waals surface area contributed by atoms with E-state index in [-0.39, 0.29) is 17.5 Å². The first kappa shape index (κ1) is 24.5. The van der Waals surface area contributed by atoms with Gasteiger partial charge in [0.25, 0.3) is 0 Å². The Balaban J connectivity index is 2.20. The number of nitrogens with two attached hydrogens (primary N) is 1. The summed E-state index contributed by atoms with van der Waals surface area (Å²) in [5, 5.41) is 18.5. The predicted molar refractivity (Wildman–Crippen MR) is 118 cm³/mol. The third kappa shape index (κ3) is 6.64. The molecule has 0 bridgehead atoms. The normalized spacial score (nSPS) is 20.5. The average Bonchev–Trinajstić information content (AvgIpc) is 2.70. The molecule has 2 unspecified atom stereocenters. The van der Waals surface area contributed by atoms with Gasteiger partial charge in [0, 0.05) is 35.2 Å². The van der Waals surface area contributed by atoms with Crippen molar-refractivity contribution in [3.05, 3.63) is 46.5 Å². The SMILES string of the molecule is COC(=O)C(c1ccccc1Cl)N1CCC(SSC[C@H](N)C(=O)O)C(=CC(=O)O)C1. The third-order valence-corrected chi connectivity index (χ3v) is 7.78. The molecule has 1 saturated heterocycles. The summed E-state index contributed by atoms with van der Waals surface area (Å²) in [7, 11) is 3.98. The molecule has 1 heterocycles. The van der Waals surface area contributed by atoms with Crippen molar-refractivity contribution in [2.75, 3.05) is 26.0 Å². The summed E-state index contributed by atoms with van der Waals surface area (Å²) < 4.78 is 4.98. The summed E-state index contributed by atoms with van der Waals surface area (Å²) >= 11 is 6.30. The zero-order valence-electron chi connectivity index (χ0n) is 16.2. The fraction of sp³-hybridized carbons (Fsp3) is 0.421. The topological polar surface area (TPSA) is 130 Å². The van der Waals surface area contributed by atoms with Crippen LogP contribution in [-0.4, -0.2) is 70.3 Å². The van der Waals surface area contributed by atoms with Crippen LogP contribution in [0, 0.1) is 0 Å². The van der Waals surface area contributed by atoms with Gasteiger partial charge >= 0.3 is 17.9 Å². The average molecular weight is 475 g/mol. The lowest BCUT2D eigenvalue weighted by molar-refractivity contribution is -0.147. The monoisotopic (exact) mass is 474 g/mol. The Kier molecular flexibility index (Phi) is 9.50. The molecule has 0 spiro atoms. The maximum absolute atomic E-state index is 12.5. The second-order valence-electron chi connectivity index (χ2n) is 6.58. The van der Waals surface area contributed by atoms with E-state index in [4.69, 9.17) is 27.2 Å². The number of rotatable bonds is 9. The van der Waals surface area contributed by atoms with E-state index in [1.807, 2.05) is 4.90 Å². The van der Waals surface area contributed by atoms with Crippen molar-refractivity contribution in [3.63, 3.8) is 0 Å². The summed E-state index contributed by atoms with van der Waals surface area (Å²) in [4.78, 5) is 36.6. The quantitative estimate of drug-likeness (QED) is 0.278. The van der Waals surface area contributed by atoms with Gasteiger partial charge in [0.1, 0.15) is 12.1 Å². The number of methoxy groups -OCH3 is 1. The maximum Gasteiger partial charge on any atom is 0.328 e. The molecule has 0 amide bonds. The number of carbonyl (C=O) groups is 3. The molecule has 1 aliphatic heterocycles. The number of nitrogens with zero attached hydrogens (tertiary/aromatic N) is 1. The number of piperidine rings is 1. The Morgan fingerprint density at radius 2 is 2.07 bits per heavy atom. The Morgan fingerprint density at radius 3 is 2.67 bits per heavy atom. The molecular weight excluding hydrogens is 452 g/mol. The molecule has 0 saturated carbocycles. The second-order valence-corrected chi connectivity index (χ2v) is 9.60. The van der Waals surface area contributed by atoms with Gasteiger partial charge in [-0.2, -0.15) is 0 Å². The fourth-order valence-corrected chi connectivity index (χ4v) is 6.13. The molecule has 4 N–H and O–H groups in total. The van der Waals surface area contributed by atoms with E-state index in [1.54, 1.807) is 24.3 Å². The number of likely N-dealkylation sites (tertiary alicyclic amines) is 1. The van der Waals surface area contributed by atoms with Crippen LogP contribution in [0.5, 0.6) is 0 Å². The molecule has 1 aromatic rings. The van der Waals surface area contributed by atoms with Crippen LogP contribution in [0.1, 0.15) is 18.0 Å². The molecule has 3 atom stereocenters. The van der Waals surface area contributed by atoms with Crippen LogP contribution in [0.2, 0.25) is 5.02 Å². The van der Waals surface area contributed by atoms with Crippen LogP contribution in [-0.2, 0) is 19.1 Å². The van der Waals surface area contributed by atoms with Crippen LogP contribution in [0.15, 0.2) is 35.9 Å². The summed E-state index contributed by atoms with van der Waals surface area (Å²) in [5.41, 5.74) is 6.73. The van der Waals surface area contributed by atoms with Gasteiger partial charge in [-0.05, 0) is 23.6 Å². The van der Waals surface area contributed by atoms with E-state index in [0.29, 0.717) is 29.1 Å². The number of halogens is 1. The van der Waals surface area contributed by atoms with Gasteiger partial charge in [-0.3, -0.25) is 9.69 Å². The smallest absolute Gasteiger partial charge is 0.328 e. The van der Waals surface area contributed by atoms with Crippen molar-refractivity contribution >= 4 is 51.1 Å². The van der Waals surface area contributed by atoms with Gasteiger partial charge in [0.15, 0.2) is 0 Å². The number of carboxylic acids is 2. The summed E-state index contributed by atoms with van der Waals surface area (Å²) in [6, 6.07) is 5.21. The van der Waals surface area contributed by atoms with Crippen LogP contribution in [0.4, 0.5) is 0 Å². The molecule has 0 aromatic heterocycles. The minimum absolute atomic E-state index is 0.145. The molecule has 1 fully saturated rings. The summed E-state index contributed by atoms with van der Waals surface area (Å²) in [6.45, 7) is 0.742. The lowest BCUT2D eigenvalue weighted by Gasteiger charge is -2.37. The first-order valence-corrected chi connectivity index (χ1v) is 11.8. The van der Waals surface area contributed by atoms with E-state index < -0.39 is 30.0 Å². The van der Waals surface area contributed by atoms with Crippen molar-refractivity contribution in [2.45, 2.75) is 23.8 Å². The number of hydrogen-bond donors (Lipinski definition) is 3. The molecule has 2 rings (SSSR count). The molecule has 1 aliphatic rings. The van der Waals surface area contributed by atoms with Crippen LogP contribution < -0.4 is 5.73 Å². The lowest BCUT2D eigenvalue weighted by atomic mass is 9.98. The highest BCUT2D eigenvalue weighted by molar-refractivity contribution is 8.77. The number of esters is 1. The van der Waals surface area contributed by atoms with Crippen LogP contribution in [0.3, 0.4) is 0 Å². The molecule has 11 heteroatoms. The largest absolute Gasteiger partial charge is 0.480 e. The van der Waals surface area contributed by atoms with E-state index in [9.17, 15) is 19.5 Å². The number of aliphatic carboxylic acids is 2. The van der Waals surface area contributed by atoms with Gasteiger partial charge in [-0.25, -0.2) is 9.59 Å². The van der Waals surface area contributed by atoms with E-state index in [0.717, 1.165) is 6.08 Å². The summed E-state index contributed by atoms with van der Waals surface area (Å²) in [6.07, 6.45) is 1.71. The number of hydrogen-bond acceptors (Lipinski definition) is 8. The van der Waals surface area contributed by atoms with Crippen LogP contribution in [0.25, 0.3) is 0 Å². The van der Waals surface area contributed by atoms with E-state index >= 15 is 0 Å². The van der Waals surface area contributed by atoms with Gasteiger partial charge in [-0.15, -0.1) is 0 Å². The molecule has 1 aromatic carbocycles. The number of carboxylic acid groups (broad SMARTS) is 2. The minimum Gasteiger partial charge on any atom is -0.480 e. The molecule has 0 radical (unpaired) electrons. The molecule has 8 nitrogen and oxygen atoms in total. The Bertz CT molecular complexity index is 822. The van der Waals surface area contributed by atoms with E-state index in [2.05, 4.69) is 0 Å². The first-order valence-electron chi connectivity index (χ1n) is 9.01. The van der Waals surface area contributed by atoms with Gasteiger partial charge < -0.3 is 20.7 Å². The summed E-state index contributed by atoms with van der Waals surface area (Å²) in [5.74, 6) is -2.45. The van der Waals surface area contributed by atoms with Gasteiger partial charge in [0.05, 0.1) is 7.11 Å². The molecule has 0 aliphatic carbocycles. The van der Waals surface area contributed by atoms with Gasteiger partial charge in [0.2, 0.25) is 0 Å². The van der Waals surface area contributed by atoms with Crippen molar-refractivity contribution < 1.29 is 29.3 Å². The lowest BCUT2D eigenvalue weighted by Crippen LogP contribution is -2.43. The predicted octanol–water partition coefficient (Wildman–Crippen LogP) is 2.43. The Labute approximate surface area is 187 Å². The zero-order chi connectivity index (χ0) is 22.3. The first-order chi connectivity index (χ1) is 14.2. The number of carbonyl (C=O) groups excluding carboxylic acids is 1. The van der Waals surface area contributed by atoms with Crippen LogP contribution >= 0.6 is 33.2 Å². The minimum atomic E-state index is -1.09. The standard InChI is InChI=1S/C19H23ClN2O6S2/c1-28-19(27)17(12-4-2-3-5-13(12)20)22-7-6-15(11(9-22)8-16(23)24)30-29-10-14(21)18(25)26/h2-5,8,14-15,17H,6-7,9-10,21H2,1H3,(H,23,24)(H,25,26)/t14-,15?,17?/m0/s1. The van der Waals surface area contributed by atoms with E-state index in [1.165, 1.54) is 28.7 Å². The molecule has 30 heavy (non-hydrogen) atoms. The van der Waals surface area contributed by atoms with Crippen molar-refractivity contribution in [1.29, 1.82) is 0 Å². The second kappa shape index (κ2) is 11.6. The zero-order valence-corrected chi connectivity index (χ0v) is 18.6. The highest BCUT2D eigenvalue weighted by Gasteiger charge is 2.35. The van der Waals surface area contributed by atoms with Crippen molar-refractivity contribution in [2.24, 2.45) is 5.73 Å². The highest BCUT2D eigenvalue weighted by atomic mass is 35.5. The fourth-order valence-electron chi connectivity index (χ4n) is 3.06. The van der Waals surface area contributed by atoms with Crippen molar-refractivity contribution in [1.82, 2.24) is 4.90 Å². The molecule has 164 valence electrons. The Hall–Kier alpha value is -1.72. The number of ether oxygens (including phenoxy) is 1. The maximum atomic E-state index is 12.5. The number of benzene rings is 1. The van der Waals surface area contributed by atoms with Gasteiger partial charge in [-0.1, -0.05) is 51.4 Å². The van der Waals surface area contributed by atoms with Crippen molar-refractivity contribution in [3.8, 4) is 0 Å². The third-order valence-electron chi connectivity index (χ3n) is 4.52.